The first kappa shape index (κ1) is 16.8. The Kier molecular flexibility index (Phi) is 8.77. The Hall–Kier alpha value is -0.170. The average Bonchev–Trinajstić information content (AvgIpc) is 2.28. The van der Waals surface area contributed by atoms with Gasteiger partial charge in [0.2, 0.25) is 10.0 Å². The summed E-state index contributed by atoms with van der Waals surface area (Å²) in [5.41, 5.74) is 0. The van der Waals surface area contributed by atoms with Gasteiger partial charge in [0, 0.05) is 20.3 Å². The molecule has 0 aromatic carbocycles. The van der Waals surface area contributed by atoms with Crippen LogP contribution in [0.1, 0.15) is 33.1 Å². The van der Waals surface area contributed by atoms with E-state index >= 15 is 0 Å². The third kappa shape index (κ3) is 7.70. The van der Waals surface area contributed by atoms with Gasteiger partial charge in [0.1, 0.15) is 0 Å². The number of ether oxygens (including phenoxy) is 1. The fourth-order valence-corrected chi connectivity index (χ4v) is 2.74. The number of nitrogens with one attached hydrogen (secondary N) is 1. The number of sulfonamides is 1. The van der Waals surface area contributed by atoms with E-state index in [1.807, 2.05) is 13.8 Å². The molecule has 5 nitrogen and oxygen atoms in total. The molecule has 104 valence electrons. The zero-order chi connectivity index (χ0) is 13.3. The van der Waals surface area contributed by atoms with E-state index in [1.54, 1.807) is 0 Å². The zero-order valence-corrected chi connectivity index (χ0v) is 11.8. The van der Waals surface area contributed by atoms with Crippen molar-refractivity contribution in [2.75, 3.05) is 26.0 Å². The molecule has 0 aromatic heterocycles. The maximum Gasteiger partial charge on any atom is 0.211 e. The van der Waals surface area contributed by atoms with Crippen molar-refractivity contribution < 1.29 is 18.3 Å². The zero-order valence-electron chi connectivity index (χ0n) is 11.0. The van der Waals surface area contributed by atoms with Crippen LogP contribution in [0.25, 0.3) is 0 Å². The molecule has 0 aliphatic carbocycles. The predicted molar refractivity (Wildman–Crippen MR) is 68.4 cm³/mol. The van der Waals surface area contributed by atoms with Gasteiger partial charge in [-0.05, 0) is 12.3 Å². The van der Waals surface area contributed by atoms with Gasteiger partial charge in [0.05, 0.1) is 11.9 Å². The standard InChI is InChI=1S/C11H25NO4S/c1-4-10(5-2)11(13)9-12-17(14,15)8-6-7-16-3/h10-13H,4-9H2,1-3H3. The average molecular weight is 267 g/mol. The molecular weight excluding hydrogens is 242 g/mol. The summed E-state index contributed by atoms with van der Waals surface area (Å²) in [6, 6.07) is 0. The van der Waals surface area contributed by atoms with Crippen LogP contribution in [0.5, 0.6) is 0 Å². The summed E-state index contributed by atoms with van der Waals surface area (Å²) in [5, 5.41) is 9.79. The molecule has 0 aliphatic rings. The van der Waals surface area contributed by atoms with Gasteiger partial charge in [0.25, 0.3) is 0 Å². The molecule has 0 heterocycles. The molecule has 0 aromatic rings. The lowest BCUT2D eigenvalue weighted by atomic mass is 9.97. The molecule has 0 saturated heterocycles. The van der Waals surface area contributed by atoms with Crippen LogP contribution in [-0.2, 0) is 14.8 Å². The molecule has 1 atom stereocenters. The Bertz CT molecular complexity index is 275. The predicted octanol–water partition coefficient (Wildman–Crippen LogP) is 0.739. The van der Waals surface area contributed by atoms with Crippen molar-refractivity contribution in [3.63, 3.8) is 0 Å². The van der Waals surface area contributed by atoms with Crippen molar-refractivity contribution in [3.05, 3.63) is 0 Å². The molecule has 6 heteroatoms. The number of rotatable bonds is 10. The van der Waals surface area contributed by atoms with Crippen molar-refractivity contribution in [1.82, 2.24) is 4.72 Å². The summed E-state index contributed by atoms with van der Waals surface area (Å²) < 4.78 is 30.3. The third-order valence-electron chi connectivity index (χ3n) is 2.87. The molecule has 0 rings (SSSR count). The maximum absolute atomic E-state index is 11.5. The fraction of sp³-hybridized carbons (Fsp3) is 1.00. The first-order valence-electron chi connectivity index (χ1n) is 6.11. The third-order valence-corrected chi connectivity index (χ3v) is 4.30. The topological polar surface area (TPSA) is 75.6 Å². The highest BCUT2D eigenvalue weighted by molar-refractivity contribution is 7.89. The van der Waals surface area contributed by atoms with E-state index in [-0.39, 0.29) is 18.2 Å². The van der Waals surface area contributed by atoms with Crippen molar-refractivity contribution in [2.45, 2.75) is 39.2 Å². The molecule has 1 unspecified atom stereocenters. The minimum Gasteiger partial charge on any atom is -0.391 e. The first-order valence-corrected chi connectivity index (χ1v) is 7.76. The van der Waals surface area contributed by atoms with Crippen molar-refractivity contribution in [2.24, 2.45) is 5.92 Å². The lowest BCUT2D eigenvalue weighted by Gasteiger charge is -2.20. The van der Waals surface area contributed by atoms with E-state index in [1.165, 1.54) is 7.11 Å². The fourth-order valence-electron chi connectivity index (χ4n) is 1.68. The SMILES string of the molecule is CCC(CC)C(O)CNS(=O)(=O)CCCOC. The maximum atomic E-state index is 11.5. The second-order valence-corrected chi connectivity index (χ2v) is 6.08. The summed E-state index contributed by atoms with van der Waals surface area (Å²) in [7, 11) is -1.75. The van der Waals surface area contributed by atoms with Crippen molar-refractivity contribution in [3.8, 4) is 0 Å². The molecule has 0 radical (unpaired) electrons. The molecule has 2 N–H and O–H groups in total. The monoisotopic (exact) mass is 267 g/mol. The second-order valence-electron chi connectivity index (χ2n) is 4.16. The van der Waals surface area contributed by atoms with Gasteiger partial charge in [-0.2, -0.15) is 0 Å². The molecule has 0 bridgehead atoms. The minimum absolute atomic E-state index is 0.0382. The molecule has 0 aliphatic heterocycles. The van der Waals surface area contributed by atoms with E-state index in [0.29, 0.717) is 13.0 Å². The lowest BCUT2D eigenvalue weighted by molar-refractivity contribution is 0.107. The van der Waals surface area contributed by atoms with Gasteiger partial charge >= 0.3 is 0 Å². The highest BCUT2D eigenvalue weighted by atomic mass is 32.2. The van der Waals surface area contributed by atoms with Crippen LogP contribution in [0.15, 0.2) is 0 Å². The Morgan fingerprint density at radius 3 is 2.35 bits per heavy atom. The number of aliphatic hydroxyl groups is 1. The molecule has 0 spiro atoms. The van der Waals surface area contributed by atoms with E-state index in [2.05, 4.69) is 4.72 Å². The van der Waals surface area contributed by atoms with Gasteiger partial charge in [-0.25, -0.2) is 13.1 Å². The van der Waals surface area contributed by atoms with Crippen LogP contribution in [0.2, 0.25) is 0 Å². The first-order chi connectivity index (χ1) is 7.96. The van der Waals surface area contributed by atoms with Gasteiger partial charge in [-0.15, -0.1) is 0 Å². The smallest absolute Gasteiger partial charge is 0.211 e. The largest absolute Gasteiger partial charge is 0.391 e. The lowest BCUT2D eigenvalue weighted by Crippen LogP contribution is -2.37. The minimum atomic E-state index is -3.29. The highest BCUT2D eigenvalue weighted by Crippen LogP contribution is 2.12. The van der Waals surface area contributed by atoms with Crippen LogP contribution < -0.4 is 4.72 Å². The normalized spacial score (nSPS) is 14.2. The molecule has 0 fully saturated rings. The quantitative estimate of drug-likeness (QED) is 0.572. The number of hydrogen-bond acceptors (Lipinski definition) is 4. The van der Waals surface area contributed by atoms with Gasteiger partial charge in [-0.3, -0.25) is 0 Å². The molecule has 0 saturated carbocycles. The van der Waals surface area contributed by atoms with E-state index in [0.717, 1.165) is 12.8 Å². The van der Waals surface area contributed by atoms with Crippen LogP contribution >= 0.6 is 0 Å². The number of aliphatic hydroxyl groups excluding tert-OH is 1. The van der Waals surface area contributed by atoms with Crippen LogP contribution in [0, 0.1) is 5.92 Å². The molecule has 0 amide bonds. The Morgan fingerprint density at radius 1 is 1.29 bits per heavy atom. The molecule has 17 heavy (non-hydrogen) atoms. The van der Waals surface area contributed by atoms with Gasteiger partial charge in [0.15, 0.2) is 0 Å². The second kappa shape index (κ2) is 8.85. The Morgan fingerprint density at radius 2 is 1.88 bits per heavy atom. The van der Waals surface area contributed by atoms with Crippen LogP contribution in [0.3, 0.4) is 0 Å². The van der Waals surface area contributed by atoms with Gasteiger partial charge in [-0.1, -0.05) is 26.7 Å². The van der Waals surface area contributed by atoms with E-state index < -0.39 is 16.1 Å². The summed E-state index contributed by atoms with van der Waals surface area (Å²) in [5.74, 6) is 0.188. The van der Waals surface area contributed by atoms with Crippen molar-refractivity contribution in [1.29, 1.82) is 0 Å². The summed E-state index contributed by atoms with van der Waals surface area (Å²) >= 11 is 0. The Balaban J connectivity index is 4.00. The summed E-state index contributed by atoms with van der Waals surface area (Å²) in [6.45, 7) is 4.51. The Labute approximate surface area is 105 Å². The molecular formula is C11H25NO4S. The van der Waals surface area contributed by atoms with E-state index in [9.17, 15) is 13.5 Å². The van der Waals surface area contributed by atoms with Crippen LogP contribution in [0.4, 0.5) is 0 Å². The van der Waals surface area contributed by atoms with E-state index in [4.69, 9.17) is 4.74 Å². The van der Waals surface area contributed by atoms with Crippen LogP contribution in [-0.4, -0.2) is 45.6 Å². The summed E-state index contributed by atoms with van der Waals surface area (Å²) in [6.07, 6.45) is 1.56. The van der Waals surface area contributed by atoms with Crippen molar-refractivity contribution >= 4 is 10.0 Å². The van der Waals surface area contributed by atoms with Gasteiger partial charge < -0.3 is 9.84 Å². The number of hydrogen-bond donors (Lipinski definition) is 2. The summed E-state index contributed by atoms with van der Waals surface area (Å²) in [4.78, 5) is 0. The number of methoxy groups -OCH3 is 1. The highest BCUT2D eigenvalue weighted by Gasteiger charge is 2.18.